The van der Waals surface area contributed by atoms with Crippen molar-refractivity contribution in [2.24, 2.45) is 5.92 Å². The fraction of sp³-hybridized carbons (Fsp3) is 0.333. The molecule has 0 aliphatic carbocycles. The number of nitrogens with zero attached hydrogens (tertiary/aromatic N) is 1. The van der Waals surface area contributed by atoms with Gasteiger partial charge in [0.05, 0.1) is 11.1 Å². The fourth-order valence-electron chi connectivity index (χ4n) is 1.96. The molecule has 0 saturated carbocycles. The van der Waals surface area contributed by atoms with Crippen LogP contribution < -0.4 is 5.32 Å². The quantitative estimate of drug-likeness (QED) is 0.779. The fourth-order valence-corrected chi connectivity index (χ4v) is 1.96. The Morgan fingerprint density at radius 1 is 1.35 bits per heavy atom. The van der Waals surface area contributed by atoms with Crippen LogP contribution in [-0.2, 0) is 0 Å². The molecule has 3 N–H and O–H groups in total. The molecule has 0 aliphatic rings. The Hall–Kier alpha value is -2.14. The predicted molar refractivity (Wildman–Crippen MR) is 78.0 cm³/mol. The highest BCUT2D eigenvalue weighted by Gasteiger charge is 2.15. The number of carbonyl (C=O) groups is 1. The molecule has 2 unspecified atom stereocenters. The molecule has 2 aromatic rings. The Bertz CT molecular complexity index is 628. The summed E-state index contributed by atoms with van der Waals surface area (Å²) in [5.41, 5.74) is 0.862. The van der Waals surface area contributed by atoms with Crippen molar-refractivity contribution < 1.29 is 15.0 Å². The molecule has 1 aromatic carbocycles. The highest BCUT2D eigenvalue weighted by Crippen LogP contribution is 2.22. The second kappa shape index (κ2) is 5.88. The zero-order chi connectivity index (χ0) is 14.7. The summed E-state index contributed by atoms with van der Waals surface area (Å²) in [7, 11) is 0. The number of benzene rings is 1. The molecule has 5 heteroatoms. The number of carboxylic acid groups (broad SMARTS) is 1. The van der Waals surface area contributed by atoms with Crippen LogP contribution in [0, 0.1) is 5.92 Å². The molecule has 5 nitrogen and oxygen atoms in total. The summed E-state index contributed by atoms with van der Waals surface area (Å²) >= 11 is 0. The molecule has 0 radical (unpaired) electrons. The van der Waals surface area contributed by atoms with Crippen molar-refractivity contribution in [1.82, 2.24) is 4.98 Å². The van der Waals surface area contributed by atoms with Gasteiger partial charge in [0, 0.05) is 18.0 Å². The average Bonchev–Trinajstić information content (AvgIpc) is 2.45. The number of pyridine rings is 1. The van der Waals surface area contributed by atoms with Gasteiger partial charge in [-0.05, 0) is 25.0 Å². The number of aromatic nitrogens is 1. The van der Waals surface area contributed by atoms with Crippen molar-refractivity contribution in [3.05, 3.63) is 35.9 Å². The zero-order valence-corrected chi connectivity index (χ0v) is 11.5. The van der Waals surface area contributed by atoms with Crippen LogP contribution in [0.25, 0.3) is 10.9 Å². The lowest BCUT2D eigenvalue weighted by molar-refractivity contribution is 0.0699. The highest BCUT2D eigenvalue weighted by molar-refractivity contribution is 6.03. The number of para-hydroxylation sites is 1. The predicted octanol–water partition coefficient (Wildman–Crippen LogP) is 2.36. The number of aliphatic hydroxyl groups is 1. The van der Waals surface area contributed by atoms with E-state index in [0.717, 1.165) is 0 Å². The van der Waals surface area contributed by atoms with Crippen LogP contribution in [0.5, 0.6) is 0 Å². The lowest BCUT2D eigenvalue weighted by atomic mass is 10.0. The third-order valence-electron chi connectivity index (χ3n) is 3.46. The van der Waals surface area contributed by atoms with Gasteiger partial charge in [0.1, 0.15) is 5.82 Å². The minimum atomic E-state index is -0.977. The van der Waals surface area contributed by atoms with Gasteiger partial charge in [-0.1, -0.05) is 25.1 Å². The van der Waals surface area contributed by atoms with E-state index in [1.54, 1.807) is 18.2 Å². The van der Waals surface area contributed by atoms with Crippen LogP contribution in [0.15, 0.2) is 30.3 Å². The van der Waals surface area contributed by atoms with E-state index < -0.39 is 5.97 Å². The zero-order valence-electron chi connectivity index (χ0n) is 11.5. The summed E-state index contributed by atoms with van der Waals surface area (Å²) in [6.07, 6.45) is 0. The number of hydrogen-bond donors (Lipinski definition) is 3. The van der Waals surface area contributed by atoms with Gasteiger partial charge in [-0.2, -0.15) is 0 Å². The second-order valence-electron chi connectivity index (χ2n) is 4.97. The first-order valence-electron chi connectivity index (χ1n) is 6.53. The monoisotopic (exact) mass is 274 g/mol. The van der Waals surface area contributed by atoms with Crippen LogP contribution >= 0.6 is 0 Å². The number of fused-ring (bicyclic) bond motifs is 1. The van der Waals surface area contributed by atoms with E-state index in [0.29, 0.717) is 16.7 Å². The van der Waals surface area contributed by atoms with Crippen molar-refractivity contribution in [3.8, 4) is 0 Å². The molecule has 2 atom stereocenters. The van der Waals surface area contributed by atoms with E-state index in [-0.39, 0.29) is 24.1 Å². The van der Waals surface area contributed by atoms with Crippen LogP contribution in [0.3, 0.4) is 0 Å². The van der Waals surface area contributed by atoms with Gasteiger partial charge in [0.25, 0.3) is 0 Å². The third kappa shape index (κ3) is 2.88. The number of carboxylic acids is 1. The van der Waals surface area contributed by atoms with Gasteiger partial charge < -0.3 is 15.5 Å². The first kappa shape index (κ1) is 14.3. The van der Waals surface area contributed by atoms with E-state index in [9.17, 15) is 9.90 Å². The summed E-state index contributed by atoms with van der Waals surface area (Å²) in [6, 6.07) is 8.67. The molecule has 2 rings (SSSR count). The van der Waals surface area contributed by atoms with E-state index >= 15 is 0 Å². The van der Waals surface area contributed by atoms with Crippen molar-refractivity contribution in [2.45, 2.75) is 19.9 Å². The minimum Gasteiger partial charge on any atom is -0.478 e. The van der Waals surface area contributed by atoms with Crippen molar-refractivity contribution in [3.63, 3.8) is 0 Å². The highest BCUT2D eigenvalue weighted by atomic mass is 16.4. The number of anilines is 1. The van der Waals surface area contributed by atoms with Crippen molar-refractivity contribution in [1.29, 1.82) is 0 Å². The standard InChI is InChI=1S/C15H18N2O3/c1-9(8-18)10(2)16-14-7-12(15(19)20)11-5-3-4-6-13(11)17-14/h3-7,9-10,18H,8H2,1-2H3,(H,16,17)(H,19,20). The largest absolute Gasteiger partial charge is 0.478 e. The van der Waals surface area contributed by atoms with Gasteiger partial charge in [0.2, 0.25) is 0 Å². The number of hydrogen-bond acceptors (Lipinski definition) is 4. The summed E-state index contributed by atoms with van der Waals surface area (Å²) in [4.78, 5) is 15.8. The second-order valence-corrected chi connectivity index (χ2v) is 4.97. The number of aromatic carboxylic acids is 1. The molecular weight excluding hydrogens is 256 g/mol. The number of nitrogens with one attached hydrogen (secondary N) is 1. The summed E-state index contributed by atoms with van der Waals surface area (Å²) in [5, 5.41) is 22.2. The van der Waals surface area contributed by atoms with E-state index in [1.807, 2.05) is 19.9 Å². The molecule has 1 aromatic heterocycles. The van der Waals surface area contributed by atoms with Gasteiger partial charge in [0.15, 0.2) is 0 Å². The number of aliphatic hydroxyl groups excluding tert-OH is 1. The van der Waals surface area contributed by atoms with Crippen LogP contribution in [-0.4, -0.2) is 33.8 Å². The first-order valence-corrected chi connectivity index (χ1v) is 6.53. The lowest BCUT2D eigenvalue weighted by Gasteiger charge is -2.20. The molecule has 0 aliphatic heterocycles. The van der Waals surface area contributed by atoms with Gasteiger partial charge in [-0.15, -0.1) is 0 Å². The van der Waals surface area contributed by atoms with Gasteiger partial charge in [-0.25, -0.2) is 9.78 Å². The number of rotatable bonds is 5. The Balaban J connectivity index is 2.42. The van der Waals surface area contributed by atoms with Gasteiger partial charge >= 0.3 is 5.97 Å². The lowest BCUT2D eigenvalue weighted by Crippen LogP contribution is -2.26. The normalized spacial score (nSPS) is 13.9. The average molecular weight is 274 g/mol. The molecule has 1 heterocycles. The third-order valence-corrected chi connectivity index (χ3v) is 3.46. The van der Waals surface area contributed by atoms with Crippen LogP contribution in [0.2, 0.25) is 0 Å². The Kier molecular flexibility index (Phi) is 4.20. The Morgan fingerprint density at radius 3 is 2.70 bits per heavy atom. The molecule has 0 fully saturated rings. The van der Waals surface area contributed by atoms with E-state index in [1.165, 1.54) is 6.07 Å². The molecule has 0 amide bonds. The van der Waals surface area contributed by atoms with Crippen molar-refractivity contribution >= 4 is 22.7 Å². The molecule has 106 valence electrons. The maximum Gasteiger partial charge on any atom is 0.336 e. The summed E-state index contributed by atoms with van der Waals surface area (Å²) < 4.78 is 0. The molecule has 0 spiro atoms. The molecule has 0 bridgehead atoms. The van der Waals surface area contributed by atoms with Crippen LogP contribution in [0.1, 0.15) is 24.2 Å². The Labute approximate surface area is 117 Å². The first-order chi connectivity index (χ1) is 9.52. The smallest absolute Gasteiger partial charge is 0.336 e. The maximum atomic E-state index is 11.3. The molecule has 20 heavy (non-hydrogen) atoms. The van der Waals surface area contributed by atoms with Gasteiger partial charge in [-0.3, -0.25) is 0 Å². The molecule has 0 saturated heterocycles. The minimum absolute atomic E-state index is 0.00435. The topological polar surface area (TPSA) is 82.5 Å². The van der Waals surface area contributed by atoms with Crippen molar-refractivity contribution in [2.75, 3.05) is 11.9 Å². The van der Waals surface area contributed by atoms with Crippen LogP contribution in [0.4, 0.5) is 5.82 Å². The Morgan fingerprint density at radius 2 is 2.05 bits per heavy atom. The SMILES string of the molecule is CC(CO)C(C)Nc1cc(C(=O)O)c2ccccc2n1. The summed E-state index contributed by atoms with van der Waals surface area (Å²) in [5.74, 6) is -0.417. The van der Waals surface area contributed by atoms with E-state index in [4.69, 9.17) is 5.11 Å². The maximum absolute atomic E-state index is 11.3. The molecular formula is C15H18N2O3. The summed E-state index contributed by atoms with van der Waals surface area (Å²) in [6.45, 7) is 3.91. The van der Waals surface area contributed by atoms with E-state index in [2.05, 4.69) is 10.3 Å².